The monoisotopic (exact) mass is 199 g/mol. The minimum absolute atomic E-state index is 0.258. The van der Waals surface area contributed by atoms with Crippen molar-refractivity contribution in [3.05, 3.63) is 10.6 Å². The second-order valence-corrected chi connectivity index (χ2v) is 4.81. The molecule has 0 saturated carbocycles. The largest absolute Gasteiger partial charge is 0.304 e. The fraction of sp³-hybridized carbons (Fsp3) is 0.778. The molecule has 0 aliphatic heterocycles. The Hall–Kier alpha value is -0.640. The Bertz CT molecular complexity index is 329. The van der Waals surface area contributed by atoms with Crippen LogP contribution >= 0.6 is 12.2 Å². The van der Waals surface area contributed by atoms with E-state index in [1.165, 1.54) is 0 Å². The summed E-state index contributed by atoms with van der Waals surface area (Å²) < 4.78 is 2.77. The van der Waals surface area contributed by atoms with Crippen LogP contribution in [0.3, 0.4) is 0 Å². The summed E-state index contributed by atoms with van der Waals surface area (Å²) in [4.78, 5) is 0. The molecular formula is C9H17N3S. The molecule has 13 heavy (non-hydrogen) atoms. The van der Waals surface area contributed by atoms with Crippen LogP contribution in [0.4, 0.5) is 0 Å². The maximum absolute atomic E-state index is 5.11. The Morgan fingerprint density at radius 3 is 2.54 bits per heavy atom. The molecule has 0 radical (unpaired) electrons. The lowest BCUT2D eigenvalue weighted by Gasteiger charge is -2.17. The predicted molar refractivity (Wildman–Crippen MR) is 56.2 cm³/mol. The first kappa shape index (κ1) is 10.4. The number of aromatic amines is 1. The molecule has 0 spiro atoms. The zero-order valence-electron chi connectivity index (χ0n) is 8.72. The fourth-order valence-electron chi connectivity index (χ4n) is 1.29. The normalized spacial score (nSPS) is 12.0. The van der Waals surface area contributed by atoms with Crippen LogP contribution in [0, 0.1) is 10.2 Å². The lowest BCUT2D eigenvalue weighted by atomic mass is 9.92. The number of nitrogens with one attached hydrogen (secondary N) is 1. The van der Waals surface area contributed by atoms with Crippen molar-refractivity contribution < 1.29 is 0 Å². The number of H-pyrrole nitrogens is 1. The molecule has 0 saturated heterocycles. The van der Waals surface area contributed by atoms with E-state index < -0.39 is 0 Å². The number of nitrogens with zero attached hydrogens (tertiary/aromatic N) is 2. The van der Waals surface area contributed by atoms with Gasteiger partial charge in [0.15, 0.2) is 4.77 Å². The molecule has 3 nitrogen and oxygen atoms in total. The van der Waals surface area contributed by atoms with Crippen molar-refractivity contribution in [3.8, 4) is 0 Å². The molecule has 1 N–H and O–H groups in total. The van der Waals surface area contributed by atoms with Crippen molar-refractivity contribution in [2.24, 2.45) is 5.41 Å². The average Bonchev–Trinajstić information content (AvgIpc) is 2.28. The molecule has 74 valence electrons. The van der Waals surface area contributed by atoms with Gasteiger partial charge in [0.1, 0.15) is 5.82 Å². The quantitative estimate of drug-likeness (QED) is 0.743. The van der Waals surface area contributed by atoms with E-state index in [9.17, 15) is 0 Å². The number of hydrogen-bond donors (Lipinski definition) is 1. The van der Waals surface area contributed by atoms with Gasteiger partial charge in [0.05, 0.1) is 0 Å². The molecule has 0 bridgehead atoms. The van der Waals surface area contributed by atoms with Crippen LogP contribution in [-0.4, -0.2) is 14.8 Å². The third-order valence-corrected chi connectivity index (χ3v) is 2.15. The lowest BCUT2D eigenvalue weighted by molar-refractivity contribution is 0.392. The highest BCUT2D eigenvalue weighted by Crippen LogP contribution is 2.19. The van der Waals surface area contributed by atoms with Gasteiger partial charge in [0, 0.05) is 13.0 Å². The molecule has 1 aromatic heterocycles. The number of hydrogen-bond acceptors (Lipinski definition) is 2. The van der Waals surface area contributed by atoms with E-state index in [4.69, 9.17) is 12.2 Å². The molecule has 0 aliphatic rings. The van der Waals surface area contributed by atoms with Gasteiger partial charge in [-0.3, -0.25) is 5.10 Å². The van der Waals surface area contributed by atoms with Gasteiger partial charge >= 0.3 is 0 Å². The highest BCUT2D eigenvalue weighted by Gasteiger charge is 2.15. The molecule has 1 heterocycles. The zero-order valence-corrected chi connectivity index (χ0v) is 9.53. The molecule has 0 amide bonds. The van der Waals surface area contributed by atoms with Gasteiger partial charge in [-0.25, -0.2) is 0 Å². The summed E-state index contributed by atoms with van der Waals surface area (Å²) in [6, 6.07) is 0. The van der Waals surface area contributed by atoms with Crippen LogP contribution in [0.15, 0.2) is 0 Å². The Kier molecular flexibility index (Phi) is 2.91. The molecule has 0 fully saturated rings. The van der Waals surface area contributed by atoms with Gasteiger partial charge in [-0.1, -0.05) is 20.8 Å². The first-order chi connectivity index (χ1) is 5.94. The van der Waals surface area contributed by atoms with Crippen LogP contribution < -0.4 is 0 Å². The van der Waals surface area contributed by atoms with Crippen LogP contribution in [0.1, 0.15) is 33.5 Å². The van der Waals surface area contributed by atoms with E-state index in [0.717, 1.165) is 23.6 Å². The minimum Gasteiger partial charge on any atom is -0.304 e. The standard InChI is InChI=1S/C9H17N3S/c1-5-12-7(6-9(2,3)4)10-11-8(12)13/h5-6H2,1-4H3,(H,11,13). The minimum atomic E-state index is 0.258. The fourth-order valence-corrected chi connectivity index (χ4v) is 1.57. The van der Waals surface area contributed by atoms with Crippen molar-refractivity contribution in [2.45, 2.75) is 40.7 Å². The number of aromatic nitrogens is 3. The summed E-state index contributed by atoms with van der Waals surface area (Å²) in [6.45, 7) is 9.57. The number of rotatable bonds is 2. The molecule has 0 atom stereocenters. The molecule has 0 aliphatic carbocycles. The molecule has 1 rings (SSSR count). The maximum atomic E-state index is 5.11. The van der Waals surface area contributed by atoms with Gasteiger partial charge in [-0.2, -0.15) is 5.10 Å². The van der Waals surface area contributed by atoms with E-state index in [-0.39, 0.29) is 5.41 Å². The van der Waals surface area contributed by atoms with Crippen molar-refractivity contribution in [1.29, 1.82) is 0 Å². The third-order valence-electron chi connectivity index (χ3n) is 1.84. The third kappa shape index (κ3) is 2.66. The van der Waals surface area contributed by atoms with Crippen molar-refractivity contribution in [1.82, 2.24) is 14.8 Å². The van der Waals surface area contributed by atoms with E-state index in [1.807, 2.05) is 4.57 Å². The molecule has 1 aromatic rings. The summed E-state index contributed by atoms with van der Waals surface area (Å²) in [5, 5.41) is 7.04. The Labute approximate surface area is 84.2 Å². The highest BCUT2D eigenvalue weighted by molar-refractivity contribution is 7.71. The lowest BCUT2D eigenvalue weighted by Crippen LogP contribution is -2.14. The maximum Gasteiger partial charge on any atom is 0.195 e. The summed E-state index contributed by atoms with van der Waals surface area (Å²) in [6.07, 6.45) is 0.952. The average molecular weight is 199 g/mol. The summed E-state index contributed by atoms with van der Waals surface area (Å²) in [5.41, 5.74) is 0.258. The summed E-state index contributed by atoms with van der Waals surface area (Å²) in [7, 11) is 0. The summed E-state index contributed by atoms with van der Waals surface area (Å²) >= 11 is 5.11. The topological polar surface area (TPSA) is 33.6 Å². The van der Waals surface area contributed by atoms with Gasteiger partial charge in [0.2, 0.25) is 0 Å². The van der Waals surface area contributed by atoms with Gasteiger partial charge in [-0.15, -0.1) is 0 Å². The van der Waals surface area contributed by atoms with Crippen molar-refractivity contribution in [3.63, 3.8) is 0 Å². The SMILES string of the molecule is CCn1c(CC(C)(C)C)n[nH]c1=S. The van der Waals surface area contributed by atoms with E-state index in [2.05, 4.69) is 37.9 Å². The van der Waals surface area contributed by atoms with Gasteiger partial charge in [-0.05, 0) is 24.6 Å². The first-order valence-electron chi connectivity index (χ1n) is 4.58. The Balaban J connectivity index is 2.95. The second-order valence-electron chi connectivity index (χ2n) is 4.43. The Morgan fingerprint density at radius 2 is 2.08 bits per heavy atom. The zero-order chi connectivity index (χ0) is 10.1. The van der Waals surface area contributed by atoms with Gasteiger partial charge in [0.25, 0.3) is 0 Å². The van der Waals surface area contributed by atoms with Gasteiger partial charge < -0.3 is 4.57 Å². The van der Waals surface area contributed by atoms with E-state index >= 15 is 0 Å². The Morgan fingerprint density at radius 1 is 1.46 bits per heavy atom. The van der Waals surface area contributed by atoms with E-state index in [1.54, 1.807) is 0 Å². The van der Waals surface area contributed by atoms with E-state index in [0.29, 0.717) is 0 Å². The first-order valence-corrected chi connectivity index (χ1v) is 4.99. The van der Waals surface area contributed by atoms with Crippen LogP contribution in [0.2, 0.25) is 0 Å². The van der Waals surface area contributed by atoms with Crippen LogP contribution in [0.25, 0.3) is 0 Å². The van der Waals surface area contributed by atoms with Crippen LogP contribution in [-0.2, 0) is 13.0 Å². The summed E-state index contributed by atoms with van der Waals surface area (Å²) in [5.74, 6) is 1.06. The van der Waals surface area contributed by atoms with Crippen molar-refractivity contribution >= 4 is 12.2 Å². The van der Waals surface area contributed by atoms with Crippen LogP contribution in [0.5, 0.6) is 0 Å². The molecule has 0 aromatic carbocycles. The highest BCUT2D eigenvalue weighted by atomic mass is 32.1. The second kappa shape index (κ2) is 3.62. The van der Waals surface area contributed by atoms with Crippen molar-refractivity contribution in [2.75, 3.05) is 0 Å². The molecule has 0 unspecified atom stereocenters. The smallest absolute Gasteiger partial charge is 0.195 e. The predicted octanol–water partition coefficient (Wildman–Crippen LogP) is 2.55. The molecule has 4 heteroatoms. The molecular weight excluding hydrogens is 182 g/mol.